The number of aliphatic hydroxyl groups is 1. The Morgan fingerprint density at radius 2 is 2.20 bits per heavy atom. The minimum atomic E-state index is -3.70. The summed E-state index contributed by atoms with van der Waals surface area (Å²) in [7, 11) is -2.24. The lowest BCUT2D eigenvalue weighted by atomic mass is 10.1. The molecule has 1 unspecified atom stereocenters. The first-order chi connectivity index (χ1) is 9.44. The largest absolute Gasteiger partial charge is 0.396 e. The fourth-order valence-electron chi connectivity index (χ4n) is 1.75. The van der Waals surface area contributed by atoms with Crippen LogP contribution in [-0.4, -0.2) is 39.9 Å². The number of ether oxygens (including phenoxy) is 1. The highest BCUT2D eigenvalue weighted by molar-refractivity contribution is 7.89. The van der Waals surface area contributed by atoms with E-state index in [0.29, 0.717) is 11.1 Å². The number of nitriles is 1. The molecule has 0 aliphatic carbocycles. The molecule has 0 saturated carbocycles. The second kappa shape index (κ2) is 7.36. The Morgan fingerprint density at radius 1 is 1.50 bits per heavy atom. The summed E-state index contributed by atoms with van der Waals surface area (Å²) in [6.45, 7) is 1.72. The van der Waals surface area contributed by atoms with Crippen LogP contribution in [0.1, 0.15) is 17.5 Å². The second-order valence-corrected chi connectivity index (χ2v) is 6.09. The van der Waals surface area contributed by atoms with Crippen molar-refractivity contribution in [2.24, 2.45) is 0 Å². The van der Waals surface area contributed by atoms with E-state index in [1.54, 1.807) is 6.92 Å². The molecule has 0 heterocycles. The smallest absolute Gasteiger partial charge is 0.240 e. The van der Waals surface area contributed by atoms with Gasteiger partial charge in [0.05, 0.1) is 23.1 Å². The Kier molecular flexibility index (Phi) is 6.10. The van der Waals surface area contributed by atoms with Crippen LogP contribution in [-0.2, 0) is 14.8 Å². The van der Waals surface area contributed by atoms with Crippen LogP contribution in [0.5, 0.6) is 0 Å². The summed E-state index contributed by atoms with van der Waals surface area (Å²) in [6.07, 6.45) is 0.266. The number of aryl methyl sites for hydroxylation is 1. The highest BCUT2D eigenvalue weighted by atomic mass is 32.2. The molecule has 0 fully saturated rings. The summed E-state index contributed by atoms with van der Waals surface area (Å²) >= 11 is 0. The number of benzene rings is 1. The lowest BCUT2D eigenvalue weighted by molar-refractivity contribution is 0.158. The van der Waals surface area contributed by atoms with E-state index in [1.807, 2.05) is 6.07 Å². The van der Waals surface area contributed by atoms with Gasteiger partial charge in [0.1, 0.15) is 0 Å². The predicted octanol–water partition coefficient (Wildman–Crippen LogP) is 0.542. The summed E-state index contributed by atoms with van der Waals surface area (Å²) in [5.74, 6) is 0. The molecule has 0 bridgehead atoms. The fraction of sp³-hybridized carbons (Fsp3) is 0.462. The molecule has 7 heteroatoms. The summed E-state index contributed by atoms with van der Waals surface area (Å²) in [5, 5.41) is 17.8. The quantitative estimate of drug-likeness (QED) is 0.765. The Balaban J connectivity index is 2.98. The molecule has 2 N–H and O–H groups in total. The highest BCUT2D eigenvalue weighted by Gasteiger charge is 2.20. The molecular weight excluding hydrogens is 280 g/mol. The second-order valence-electron chi connectivity index (χ2n) is 4.37. The Bertz CT molecular complexity index is 587. The zero-order chi connectivity index (χ0) is 15.2. The van der Waals surface area contributed by atoms with Gasteiger partial charge >= 0.3 is 0 Å². The van der Waals surface area contributed by atoms with Crippen LogP contribution in [0.15, 0.2) is 23.1 Å². The van der Waals surface area contributed by atoms with Gasteiger partial charge in [-0.3, -0.25) is 0 Å². The van der Waals surface area contributed by atoms with Gasteiger partial charge in [-0.1, -0.05) is 0 Å². The van der Waals surface area contributed by atoms with Gasteiger partial charge in [-0.25, -0.2) is 13.1 Å². The van der Waals surface area contributed by atoms with Crippen molar-refractivity contribution in [3.8, 4) is 6.07 Å². The molecule has 0 amide bonds. The first-order valence-electron chi connectivity index (χ1n) is 6.07. The van der Waals surface area contributed by atoms with Crippen molar-refractivity contribution >= 4 is 10.0 Å². The number of hydrogen-bond donors (Lipinski definition) is 2. The molecule has 0 aliphatic heterocycles. The lowest BCUT2D eigenvalue weighted by Crippen LogP contribution is -2.38. The third-order valence-corrected chi connectivity index (χ3v) is 4.31. The average molecular weight is 298 g/mol. The van der Waals surface area contributed by atoms with E-state index >= 15 is 0 Å². The molecule has 1 aromatic carbocycles. The van der Waals surface area contributed by atoms with E-state index in [4.69, 9.17) is 15.1 Å². The number of hydrogen-bond acceptors (Lipinski definition) is 5. The van der Waals surface area contributed by atoms with Crippen molar-refractivity contribution in [1.82, 2.24) is 4.72 Å². The van der Waals surface area contributed by atoms with Gasteiger partial charge in [-0.2, -0.15) is 5.26 Å². The third kappa shape index (κ3) is 4.28. The van der Waals surface area contributed by atoms with Crippen LogP contribution < -0.4 is 4.72 Å². The normalized spacial score (nSPS) is 12.9. The van der Waals surface area contributed by atoms with E-state index in [-0.39, 0.29) is 24.5 Å². The predicted molar refractivity (Wildman–Crippen MR) is 73.6 cm³/mol. The van der Waals surface area contributed by atoms with Gasteiger partial charge in [0.15, 0.2) is 0 Å². The third-order valence-electron chi connectivity index (χ3n) is 2.80. The Labute approximate surface area is 119 Å². The monoisotopic (exact) mass is 298 g/mol. The lowest BCUT2D eigenvalue weighted by Gasteiger charge is -2.17. The van der Waals surface area contributed by atoms with Crippen molar-refractivity contribution in [1.29, 1.82) is 5.26 Å². The van der Waals surface area contributed by atoms with E-state index in [9.17, 15) is 8.42 Å². The Morgan fingerprint density at radius 3 is 2.70 bits per heavy atom. The first kappa shape index (κ1) is 16.6. The van der Waals surface area contributed by atoms with Crippen molar-refractivity contribution in [2.45, 2.75) is 24.3 Å². The molecule has 0 aromatic heterocycles. The van der Waals surface area contributed by atoms with Crippen molar-refractivity contribution in [3.05, 3.63) is 29.3 Å². The zero-order valence-corrected chi connectivity index (χ0v) is 12.3. The number of sulfonamides is 1. The van der Waals surface area contributed by atoms with Crippen LogP contribution >= 0.6 is 0 Å². The summed E-state index contributed by atoms with van der Waals surface area (Å²) in [5.41, 5.74) is 1.04. The van der Waals surface area contributed by atoms with E-state index < -0.39 is 16.1 Å². The average Bonchev–Trinajstić information content (AvgIpc) is 2.38. The highest BCUT2D eigenvalue weighted by Crippen LogP contribution is 2.15. The van der Waals surface area contributed by atoms with E-state index in [0.717, 1.165) is 0 Å². The van der Waals surface area contributed by atoms with E-state index in [2.05, 4.69) is 4.72 Å². The van der Waals surface area contributed by atoms with Gasteiger partial charge < -0.3 is 9.84 Å². The molecule has 1 rings (SSSR count). The minimum absolute atomic E-state index is 0.0908. The molecule has 0 spiro atoms. The van der Waals surface area contributed by atoms with Crippen molar-refractivity contribution < 1.29 is 18.3 Å². The van der Waals surface area contributed by atoms with Crippen LogP contribution in [0, 0.1) is 18.3 Å². The van der Waals surface area contributed by atoms with Crippen LogP contribution in [0.3, 0.4) is 0 Å². The molecule has 6 nitrogen and oxygen atoms in total. The molecule has 0 saturated heterocycles. The van der Waals surface area contributed by atoms with Crippen molar-refractivity contribution in [3.63, 3.8) is 0 Å². The van der Waals surface area contributed by atoms with Gasteiger partial charge in [0.2, 0.25) is 10.0 Å². The maximum absolute atomic E-state index is 12.2. The summed E-state index contributed by atoms with van der Waals surface area (Å²) in [6, 6.07) is 5.80. The molecule has 0 aliphatic rings. The molecular formula is C13H18N2O4S. The van der Waals surface area contributed by atoms with E-state index in [1.165, 1.54) is 25.3 Å². The maximum atomic E-state index is 12.2. The molecule has 0 radical (unpaired) electrons. The molecule has 1 atom stereocenters. The maximum Gasteiger partial charge on any atom is 0.240 e. The summed E-state index contributed by atoms with van der Waals surface area (Å²) < 4.78 is 31.8. The topological polar surface area (TPSA) is 99.4 Å². The number of methoxy groups -OCH3 is 1. The Hall–Kier alpha value is -1.46. The molecule has 110 valence electrons. The zero-order valence-electron chi connectivity index (χ0n) is 11.5. The molecule has 1 aromatic rings. The number of nitrogens with one attached hydrogen (secondary N) is 1. The van der Waals surface area contributed by atoms with Gasteiger partial charge in [-0.05, 0) is 37.1 Å². The molecule has 20 heavy (non-hydrogen) atoms. The van der Waals surface area contributed by atoms with Gasteiger partial charge in [-0.15, -0.1) is 0 Å². The number of aliphatic hydroxyl groups excluding tert-OH is 1. The number of rotatable bonds is 7. The fourth-order valence-corrected chi connectivity index (χ4v) is 3.09. The van der Waals surface area contributed by atoms with Crippen LogP contribution in [0.25, 0.3) is 0 Å². The van der Waals surface area contributed by atoms with Crippen LogP contribution in [0.4, 0.5) is 0 Å². The summed E-state index contributed by atoms with van der Waals surface area (Å²) in [4.78, 5) is 0.0908. The SMILES string of the molecule is COCC(CCO)NS(=O)(=O)c1ccc(C#N)c(C)c1. The first-order valence-corrected chi connectivity index (χ1v) is 7.55. The standard InChI is InChI=1S/C13H18N2O4S/c1-10-7-13(4-3-11(10)8-14)20(17,18)15-12(5-6-16)9-19-2/h3-4,7,12,15-16H,5-6,9H2,1-2H3. The van der Waals surface area contributed by atoms with Gasteiger partial charge in [0.25, 0.3) is 0 Å². The van der Waals surface area contributed by atoms with Crippen LogP contribution in [0.2, 0.25) is 0 Å². The van der Waals surface area contributed by atoms with Gasteiger partial charge in [0, 0.05) is 19.8 Å². The number of nitrogens with zero attached hydrogens (tertiary/aromatic N) is 1. The van der Waals surface area contributed by atoms with Crippen molar-refractivity contribution in [2.75, 3.05) is 20.3 Å². The minimum Gasteiger partial charge on any atom is -0.396 e.